The quantitative estimate of drug-likeness (QED) is 0.749. The highest BCUT2D eigenvalue weighted by Gasteiger charge is 2.58. The molecule has 0 aromatic rings. The summed E-state index contributed by atoms with van der Waals surface area (Å²) in [4.78, 5) is 26.4. The zero-order chi connectivity index (χ0) is 16.4. The molecular formula is C18H24N2O3. The van der Waals surface area contributed by atoms with Crippen LogP contribution < -0.4 is 5.73 Å². The van der Waals surface area contributed by atoms with Crippen LogP contribution >= 0.6 is 0 Å². The number of carbonyl (C=O) groups is 2. The maximum Gasteiger partial charge on any atom is 0.227 e. The van der Waals surface area contributed by atoms with E-state index >= 15 is 0 Å². The van der Waals surface area contributed by atoms with Crippen LogP contribution in [-0.4, -0.2) is 47.4 Å². The van der Waals surface area contributed by atoms with Gasteiger partial charge in [-0.25, -0.2) is 0 Å². The molecule has 23 heavy (non-hydrogen) atoms. The second-order valence-corrected chi connectivity index (χ2v) is 7.69. The molecule has 1 aliphatic heterocycles. The number of Topliss-reactive ketones (excluding diaryl/α,β-unsaturated/α-hetero) is 1. The molecule has 5 unspecified atom stereocenters. The summed E-state index contributed by atoms with van der Waals surface area (Å²) < 4.78 is 0. The summed E-state index contributed by atoms with van der Waals surface area (Å²) in [6.07, 6.45) is 6.66. The fraction of sp³-hybridized carbons (Fsp3) is 0.667. The first-order valence-electron chi connectivity index (χ1n) is 8.55. The maximum atomic E-state index is 12.3. The van der Waals surface area contributed by atoms with Gasteiger partial charge in [0.15, 0.2) is 0 Å². The molecule has 0 radical (unpaired) electrons. The maximum absolute atomic E-state index is 12.3. The van der Waals surface area contributed by atoms with Gasteiger partial charge < -0.3 is 15.7 Å². The van der Waals surface area contributed by atoms with Gasteiger partial charge in [-0.2, -0.15) is 0 Å². The molecule has 4 aliphatic rings. The number of aliphatic hydroxyl groups is 1. The summed E-state index contributed by atoms with van der Waals surface area (Å²) in [6.45, 7) is 0.933. The third-order valence-electron chi connectivity index (χ3n) is 6.68. The standard InChI is InChI=1S/C18H24N2O3/c1-20-7-6-18-9-11(21)3-5-13(18)14(20)8-10-2-4-12(17(19)23)16(22)15(10)18/h2,4,12-14,16,22H,3,5-9H2,1H3,(H2,19,23). The van der Waals surface area contributed by atoms with Gasteiger partial charge in [0.1, 0.15) is 5.78 Å². The van der Waals surface area contributed by atoms with E-state index in [2.05, 4.69) is 11.9 Å². The minimum Gasteiger partial charge on any atom is -0.388 e. The van der Waals surface area contributed by atoms with Gasteiger partial charge in [0.05, 0.1) is 12.0 Å². The molecule has 2 fully saturated rings. The van der Waals surface area contributed by atoms with E-state index in [-0.39, 0.29) is 11.2 Å². The lowest BCUT2D eigenvalue weighted by atomic mass is 9.50. The first-order valence-corrected chi connectivity index (χ1v) is 8.55. The molecule has 5 heteroatoms. The Bertz CT molecular complexity index is 638. The third-order valence-corrected chi connectivity index (χ3v) is 6.68. The van der Waals surface area contributed by atoms with Crippen molar-refractivity contribution in [3.8, 4) is 0 Å². The first-order chi connectivity index (χ1) is 10.9. The van der Waals surface area contributed by atoms with E-state index in [1.165, 1.54) is 0 Å². The van der Waals surface area contributed by atoms with Crippen LogP contribution in [0.15, 0.2) is 23.3 Å². The normalized spacial score (nSPS) is 43.1. The molecule has 0 aromatic heterocycles. The zero-order valence-electron chi connectivity index (χ0n) is 13.5. The number of aliphatic hydroxyl groups excluding tert-OH is 1. The second-order valence-electron chi connectivity index (χ2n) is 7.69. The van der Waals surface area contributed by atoms with Crippen molar-refractivity contribution in [1.82, 2.24) is 4.90 Å². The topological polar surface area (TPSA) is 83.6 Å². The molecule has 5 nitrogen and oxygen atoms in total. The lowest BCUT2D eigenvalue weighted by Crippen LogP contribution is -2.60. The Kier molecular flexibility index (Phi) is 3.29. The molecule has 1 amide bonds. The zero-order valence-corrected chi connectivity index (χ0v) is 13.5. The summed E-state index contributed by atoms with van der Waals surface area (Å²) >= 11 is 0. The van der Waals surface area contributed by atoms with Crippen molar-refractivity contribution in [3.05, 3.63) is 23.3 Å². The Hall–Kier alpha value is -1.46. The summed E-state index contributed by atoms with van der Waals surface area (Å²) in [5.74, 6) is -0.481. The molecule has 3 aliphatic carbocycles. The molecule has 2 bridgehead atoms. The number of likely N-dealkylation sites (tertiary alicyclic amines) is 1. The number of nitrogens with zero attached hydrogens (tertiary/aromatic N) is 1. The molecule has 1 heterocycles. The van der Waals surface area contributed by atoms with Gasteiger partial charge in [0.2, 0.25) is 5.91 Å². The molecule has 1 saturated carbocycles. The number of rotatable bonds is 1. The number of nitrogens with two attached hydrogens (primary N) is 1. The number of amides is 1. The van der Waals surface area contributed by atoms with Gasteiger partial charge in [-0.3, -0.25) is 9.59 Å². The van der Waals surface area contributed by atoms with Crippen LogP contribution in [0.25, 0.3) is 0 Å². The Morgan fingerprint density at radius 3 is 3.00 bits per heavy atom. The Morgan fingerprint density at radius 1 is 1.48 bits per heavy atom. The van der Waals surface area contributed by atoms with Crippen molar-refractivity contribution in [2.45, 2.75) is 44.2 Å². The summed E-state index contributed by atoms with van der Waals surface area (Å²) in [5, 5.41) is 10.9. The number of primary amides is 1. The van der Waals surface area contributed by atoms with Crippen molar-refractivity contribution in [1.29, 1.82) is 0 Å². The summed E-state index contributed by atoms with van der Waals surface area (Å²) in [5.41, 5.74) is 7.28. The fourth-order valence-electron chi connectivity index (χ4n) is 5.63. The highest BCUT2D eigenvalue weighted by atomic mass is 16.3. The van der Waals surface area contributed by atoms with E-state index in [4.69, 9.17) is 5.73 Å². The van der Waals surface area contributed by atoms with Crippen LogP contribution in [0.3, 0.4) is 0 Å². The lowest BCUT2D eigenvalue weighted by Gasteiger charge is -2.60. The third kappa shape index (κ3) is 1.99. The van der Waals surface area contributed by atoms with E-state index in [1.54, 1.807) is 6.08 Å². The van der Waals surface area contributed by atoms with Crippen molar-refractivity contribution >= 4 is 11.7 Å². The Labute approximate surface area is 136 Å². The van der Waals surface area contributed by atoms with E-state index in [0.717, 1.165) is 37.0 Å². The predicted octanol–water partition coefficient (Wildman–Crippen LogP) is 0.779. The average molecular weight is 316 g/mol. The Balaban J connectivity index is 1.85. The lowest BCUT2D eigenvalue weighted by molar-refractivity contribution is -0.131. The Morgan fingerprint density at radius 2 is 2.26 bits per heavy atom. The number of ketones is 1. The van der Waals surface area contributed by atoms with Gasteiger partial charge >= 0.3 is 0 Å². The molecule has 4 rings (SSSR count). The smallest absolute Gasteiger partial charge is 0.227 e. The number of carbonyl (C=O) groups excluding carboxylic acids is 2. The summed E-state index contributed by atoms with van der Waals surface area (Å²) in [6, 6.07) is 0.428. The van der Waals surface area contributed by atoms with E-state index in [0.29, 0.717) is 24.8 Å². The predicted molar refractivity (Wildman–Crippen MR) is 85.3 cm³/mol. The average Bonchev–Trinajstić information content (AvgIpc) is 2.50. The van der Waals surface area contributed by atoms with Crippen LogP contribution in [0.1, 0.15) is 32.1 Å². The van der Waals surface area contributed by atoms with Crippen molar-refractivity contribution in [2.24, 2.45) is 23.0 Å². The van der Waals surface area contributed by atoms with Gasteiger partial charge in [-0.15, -0.1) is 0 Å². The largest absolute Gasteiger partial charge is 0.388 e. The number of hydrogen-bond acceptors (Lipinski definition) is 4. The fourth-order valence-corrected chi connectivity index (χ4v) is 5.63. The highest BCUT2D eigenvalue weighted by Crippen LogP contribution is 2.60. The van der Waals surface area contributed by atoms with Crippen molar-refractivity contribution in [3.63, 3.8) is 0 Å². The van der Waals surface area contributed by atoms with Crippen molar-refractivity contribution < 1.29 is 14.7 Å². The highest BCUT2D eigenvalue weighted by molar-refractivity contribution is 5.83. The minimum atomic E-state index is -0.870. The van der Waals surface area contributed by atoms with Gasteiger partial charge in [0, 0.05) is 24.3 Å². The van der Waals surface area contributed by atoms with Gasteiger partial charge in [0.25, 0.3) is 0 Å². The molecule has 5 atom stereocenters. The minimum absolute atomic E-state index is 0.266. The van der Waals surface area contributed by atoms with E-state index in [1.807, 2.05) is 6.08 Å². The molecular weight excluding hydrogens is 292 g/mol. The van der Waals surface area contributed by atoms with Crippen LogP contribution in [0.2, 0.25) is 0 Å². The van der Waals surface area contributed by atoms with Crippen LogP contribution in [0.4, 0.5) is 0 Å². The van der Waals surface area contributed by atoms with Crippen molar-refractivity contribution in [2.75, 3.05) is 13.6 Å². The number of hydrogen-bond donors (Lipinski definition) is 2. The monoisotopic (exact) mass is 316 g/mol. The van der Waals surface area contributed by atoms with Gasteiger partial charge in [-0.05, 0) is 49.9 Å². The molecule has 1 saturated heterocycles. The van der Waals surface area contributed by atoms with E-state index < -0.39 is 17.9 Å². The first kappa shape index (κ1) is 15.1. The molecule has 3 N–H and O–H groups in total. The summed E-state index contributed by atoms with van der Waals surface area (Å²) in [7, 11) is 2.16. The van der Waals surface area contributed by atoms with Crippen LogP contribution in [-0.2, 0) is 9.59 Å². The number of allylic oxidation sites excluding steroid dienone is 1. The molecule has 0 aromatic carbocycles. The second kappa shape index (κ2) is 5.02. The molecule has 0 spiro atoms. The SMILES string of the molecule is CN1CCC23CC(=O)CCC2C1CC1=C3C(O)C(C(N)=O)C=C1. The number of piperidine rings is 1. The van der Waals surface area contributed by atoms with Crippen LogP contribution in [0, 0.1) is 17.3 Å². The van der Waals surface area contributed by atoms with Crippen LogP contribution in [0.5, 0.6) is 0 Å². The molecule has 124 valence electrons. The van der Waals surface area contributed by atoms with E-state index in [9.17, 15) is 14.7 Å². The van der Waals surface area contributed by atoms with Gasteiger partial charge in [-0.1, -0.05) is 12.2 Å².